The zero-order chi connectivity index (χ0) is 19.9. The number of nitrogens with zero attached hydrogens (tertiary/aromatic N) is 4. The van der Waals surface area contributed by atoms with Crippen LogP contribution in [0.2, 0.25) is 0 Å². The van der Waals surface area contributed by atoms with Crippen molar-refractivity contribution in [1.29, 1.82) is 0 Å². The molecule has 7 heteroatoms. The molecule has 0 atom stereocenters. The summed E-state index contributed by atoms with van der Waals surface area (Å²) in [6, 6.07) is 14.1. The number of aromatic nitrogens is 3. The minimum absolute atomic E-state index is 0.471. The molecule has 0 saturated carbocycles. The maximum Gasteiger partial charge on any atom is 0.244 e. The van der Waals surface area contributed by atoms with E-state index in [2.05, 4.69) is 57.4 Å². The fourth-order valence-corrected chi connectivity index (χ4v) is 2.94. The second-order valence-electron chi connectivity index (χ2n) is 6.26. The maximum atomic E-state index is 5.35. The summed E-state index contributed by atoms with van der Waals surface area (Å²) in [6.07, 6.45) is 1.67. The van der Waals surface area contributed by atoms with Gasteiger partial charge in [0, 0.05) is 18.8 Å². The van der Waals surface area contributed by atoms with Crippen LogP contribution in [0.5, 0.6) is 11.5 Å². The van der Waals surface area contributed by atoms with Crippen molar-refractivity contribution in [2.45, 2.75) is 20.4 Å². The number of hydrogen-bond donors (Lipinski definition) is 1. The summed E-state index contributed by atoms with van der Waals surface area (Å²) >= 11 is 0. The van der Waals surface area contributed by atoms with Gasteiger partial charge in [0.15, 0.2) is 17.3 Å². The summed E-state index contributed by atoms with van der Waals surface area (Å²) in [5.74, 6) is 2.60. The van der Waals surface area contributed by atoms with Crippen molar-refractivity contribution in [3.8, 4) is 11.5 Å². The third kappa shape index (κ3) is 4.49. The van der Waals surface area contributed by atoms with Crippen molar-refractivity contribution in [2.75, 3.05) is 31.0 Å². The second kappa shape index (κ2) is 9.03. The van der Waals surface area contributed by atoms with Crippen LogP contribution in [0.15, 0.2) is 48.7 Å². The summed E-state index contributed by atoms with van der Waals surface area (Å²) in [5, 5.41) is 11.4. The van der Waals surface area contributed by atoms with E-state index in [1.165, 1.54) is 5.56 Å². The Bertz CT molecular complexity index is 932. The lowest BCUT2D eigenvalue weighted by Gasteiger charge is -2.22. The Morgan fingerprint density at radius 2 is 1.86 bits per heavy atom. The van der Waals surface area contributed by atoms with E-state index in [1.807, 2.05) is 24.3 Å². The van der Waals surface area contributed by atoms with E-state index in [0.29, 0.717) is 24.0 Å². The van der Waals surface area contributed by atoms with Gasteiger partial charge in [-0.05, 0) is 49.2 Å². The average molecular weight is 379 g/mol. The number of rotatable bonds is 8. The molecule has 0 bridgehead atoms. The normalized spacial score (nSPS) is 10.4. The molecular weight excluding hydrogens is 354 g/mol. The molecule has 0 aliphatic rings. The first-order chi connectivity index (χ1) is 13.6. The molecule has 0 aliphatic carbocycles. The van der Waals surface area contributed by atoms with Gasteiger partial charge in [-0.15, -0.1) is 5.10 Å². The highest BCUT2D eigenvalue weighted by atomic mass is 16.5. The Kier molecular flexibility index (Phi) is 6.26. The SMILES string of the molecule is CCN(c1cccc(C)c1)c1cnnc(NCc2ccc(OC)c(OC)c2)n1. The minimum atomic E-state index is 0.471. The molecule has 28 heavy (non-hydrogen) atoms. The highest BCUT2D eigenvalue weighted by molar-refractivity contribution is 5.60. The summed E-state index contributed by atoms with van der Waals surface area (Å²) in [6.45, 7) is 5.48. The lowest BCUT2D eigenvalue weighted by molar-refractivity contribution is 0.354. The van der Waals surface area contributed by atoms with Crippen LogP contribution in [0.25, 0.3) is 0 Å². The molecule has 1 heterocycles. The summed E-state index contributed by atoms with van der Waals surface area (Å²) in [7, 11) is 3.24. The van der Waals surface area contributed by atoms with Crippen molar-refractivity contribution >= 4 is 17.5 Å². The highest BCUT2D eigenvalue weighted by Crippen LogP contribution is 2.28. The van der Waals surface area contributed by atoms with E-state index in [9.17, 15) is 0 Å². The smallest absolute Gasteiger partial charge is 0.244 e. The topological polar surface area (TPSA) is 72.4 Å². The van der Waals surface area contributed by atoms with Gasteiger partial charge in [0.25, 0.3) is 0 Å². The van der Waals surface area contributed by atoms with E-state index in [1.54, 1.807) is 20.4 Å². The number of aryl methyl sites for hydroxylation is 1. The van der Waals surface area contributed by atoms with Crippen LogP contribution in [0.1, 0.15) is 18.1 Å². The predicted molar refractivity (Wildman–Crippen MR) is 111 cm³/mol. The molecule has 0 saturated heterocycles. The molecular formula is C21H25N5O2. The van der Waals surface area contributed by atoms with Crippen molar-refractivity contribution < 1.29 is 9.47 Å². The lowest BCUT2D eigenvalue weighted by Crippen LogP contribution is -2.19. The molecule has 3 rings (SSSR count). The minimum Gasteiger partial charge on any atom is -0.493 e. The molecule has 0 radical (unpaired) electrons. The van der Waals surface area contributed by atoms with Gasteiger partial charge < -0.3 is 19.7 Å². The third-order valence-corrected chi connectivity index (χ3v) is 4.35. The Balaban J connectivity index is 1.76. The quantitative estimate of drug-likeness (QED) is 0.635. The van der Waals surface area contributed by atoms with Gasteiger partial charge in [0.1, 0.15) is 0 Å². The van der Waals surface area contributed by atoms with Gasteiger partial charge in [-0.2, -0.15) is 10.1 Å². The Morgan fingerprint density at radius 3 is 2.57 bits per heavy atom. The van der Waals surface area contributed by atoms with Crippen LogP contribution < -0.4 is 19.7 Å². The standard InChI is InChI=1S/C21H25N5O2/c1-5-26(17-8-6-7-15(2)11-17)20-14-23-25-21(24-20)22-13-16-9-10-18(27-3)19(12-16)28-4/h6-12,14H,5,13H2,1-4H3,(H,22,24,25). The lowest BCUT2D eigenvalue weighted by atomic mass is 10.2. The number of ether oxygens (including phenoxy) is 2. The number of anilines is 3. The largest absolute Gasteiger partial charge is 0.493 e. The van der Waals surface area contributed by atoms with Crippen molar-refractivity contribution in [2.24, 2.45) is 0 Å². The first kappa shape index (κ1) is 19.4. The Labute approximate surface area is 165 Å². The fraction of sp³-hybridized carbons (Fsp3) is 0.286. The van der Waals surface area contributed by atoms with Crippen LogP contribution >= 0.6 is 0 Å². The zero-order valence-electron chi connectivity index (χ0n) is 16.6. The molecule has 2 aromatic carbocycles. The molecule has 0 spiro atoms. The summed E-state index contributed by atoms with van der Waals surface area (Å²) < 4.78 is 10.6. The summed E-state index contributed by atoms with van der Waals surface area (Å²) in [4.78, 5) is 6.73. The van der Waals surface area contributed by atoms with Crippen LogP contribution in [-0.4, -0.2) is 35.9 Å². The van der Waals surface area contributed by atoms with Crippen LogP contribution in [0, 0.1) is 6.92 Å². The molecule has 0 amide bonds. The number of benzene rings is 2. The van der Waals surface area contributed by atoms with Crippen LogP contribution in [0.3, 0.4) is 0 Å². The average Bonchev–Trinajstić information content (AvgIpc) is 2.73. The van der Waals surface area contributed by atoms with Gasteiger partial charge in [0.2, 0.25) is 5.95 Å². The first-order valence-electron chi connectivity index (χ1n) is 9.13. The molecule has 7 nitrogen and oxygen atoms in total. The van der Waals surface area contributed by atoms with Crippen molar-refractivity contribution in [3.63, 3.8) is 0 Å². The Hall–Kier alpha value is -3.35. The molecule has 1 N–H and O–H groups in total. The molecule has 0 aliphatic heterocycles. The fourth-order valence-electron chi connectivity index (χ4n) is 2.94. The van der Waals surface area contributed by atoms with Crippen molar-refractivity contribution in [1.82, 2.24) is 15.2 Å². The molecule has 146 valence electrons. The molecule has 0 fully saturated rings. The monoisotopic (exact) mass is 379 g/mol. The van der Waals surface area contributed by atoms with Gasteiger partial charge in [-0.1, -0.05) is 18.2 Å². The first-order valence-corrected chi connectivity index (χ1v) is 9.13. The maximum absolute atomic E-state index is 5.35. The van der Waals surface area contributed by atoms with E-state index in [-0.39, 0.29) is 0 Å². The van der Waals surface area contributed by atoms with E-state index >= 15 is 0 Å². The number of nitrogens with one attached hydrogen (secondary N) is 1. The molecule has 1 aromatic heterocycles. The second-order valence-corrected chi connectivity index (χ2v) is 6.26. The van der Waals surface area contributed by atoms with Crippen LogP contribution in [0.4, 0.5) is 17.5 Å². The van der Waals surface area contributed by atoms with Crippen molar-refractivity contribution in [3.05, 3.63) is 59.8 Å². The van der Waals surface area contributed by atoms with E-state index in [4.69, 9.17) is 9.47 Å². The van der Waals surface area contributed by atoms with E-state index < -0.39 is 0 Å². The van der Waals surface area contributed by atoms with Gasteiger partial charge >= 0.3 is 0 Å². The Morgan fingerprint density at radius 1 is 1.04 bits per heavy atom. The summed E-state index contributed by atoms with van der Waals surface area (Å²) in [5.41, 5.74) is 3.30. The zero-order valence-corrected chi connectivity index (χ0v) is 16.6. The predicted octanol–water partition coefficient (Wildman–Crippen LogP) is 3.97. The van der Waals surface area contributed by atoms with Crippen LogP contribution in [-0.2, 0) is 6.54 Å². The van der Waals surface area contributed by atoms with Gasteiger partial charge in [0.05, 0.1) is 20.4 Å². The number of hydrogen-bond acceptors (Lipinski definition) is 7. The van der Waals surface area contributed by atoms with E-state index in [0.717, 1.165) is 23.6 Å². The molecule has 0 unspecified atom stereocenters. The third-order valence-electron chi connectivity index (χ3n) is 4.35. The van der Waals surface area contributed by atoms with Gasteiger partial charge in [-0.3, -0.25) is 0 Å². The molecule has 3 aromatic rings. The highest BCUT2D eigenvalue weighted by Gasteiger charge is 2.11. The van der Waals surface area contributed by atoms with Gasteiger partial charge in [-0.25, -0.2) is 0 Å². The number of methoxy groups -OCH3 is 2.